The Balaban J connectivity index is 2.15. The van der Waals surface area contributed by atoms with Gasteiger partial charge in [-0.1, -0.05) is 26.0 Å². The Bertz CT molecular complexity index is 957. The summed E-state index contributed by atoms with van der Waals surface area (Å²) in [6.45, 7) is 7.81. The topological polar surface area (TPSA) is 78.5 Å². The fraction of sp³-hybridized carbons (Fsp3) is 0.350. The Morgan fingerprint density at radius 3 is 2.25 bits per heavy atom. The molecular formula is C20H26FN3O3S. The summed E-state index contributed by atoms with van der Waals surface area (Å²) in [5.74, 6) is -0.747. The Labute approximate surface area is 165 Å². The molecule has 0 spiro atoms. The van der Waals surface area contributed by atoms with Gasteiger partial charge in [-0.05, 0) is 49.2 Å². The van der Waals surface area contributed by atoms with E-state index in [1.807, 2.05) is 6.92 Å². The summed E-state index contributed by atoms with van der Waals surface area (Å²) in [5.41, 5.74) is 2.52. The molecule has 0 saturated heterocycles. The Hall–Kier alpha value is -2.45. The van der Waals surface area contributed by atoms with E-state index in [0.717, 1.165) is 11.1 Å². The minimum Gasteiger partial charge on any atom is -0.376 e. The van der Waals surface area contributed by atoms with Gasteiger partial charge >= 0.3 is 0 Å². The van der Waals surface area contributed by atoms with Gasteiger partial charge in [0.05, 0.1) is 11.4 Å². The number of halogens is 1. The van der Waals surface area contributed by atoms with Crippen LogP contribution in [-0.2, 0) is 14.8 Å². The fourth-order valence-corrected chi connectivity index (χ4v) is 4.25. The molecule has 152 valence electrons. The minimum absolute atomic E-state index is 0.0727. The van der Waals surface area contributed by atoms with Gasteiger partial charge in [-0.2, -0.15) is 4.31 Å². The molecule has 8 heteroatoms. The van der Waals surface area contributed by atoms with Crippen molar-refractivity contribution in [2.75, 3.05) is 30.3 Å². The third-order valence-corrected chi connectivity index (χ3v) is 6.51. The normalized spacial score (nSPS) is 11.5. The highest BCUT2D eigenvalue weighted by atomic mass is 32.2. The van der Waals surface area contributed by atoms with Crippen molar-refractivity contribution in [2.24, 2.45) is 0 Å². The van der Waals surface area contributed by atoms with E-state index in [1.54, 1.807) is 32.9 Å². The van der Waals surface area contributed by atoms with Crippen molar-refractivity contribution in [3.63, 3.8) is 0 Å². The minimum atomic E-state index is -3.62. The van der Waals surface area contributed by atoms with E-state index >= 15 is 0 Å². The van der Waals surface area contributed by atoms with Gasteiger partial charge in [0.15, 0.2) is 0 Å². The molecule has 2 rings (SSSR count). The summed E-state index contributed by atoms with van der Waals surface area (Å²) in [6.07, 6.45) is 0. The van der Waals surface area contributed by atoms with Crippen LogP contribution in [0.2, 0.25) is 0 Å². The summed E-state index contributed by atoms with van der Waals surface area (Å²) in [5, 5.41) is 5.62. The number of sulfonamides is 1. The summed E-state index contributed by atoms with van der Waals surface area (Å²) in [4.78, 5) is 12.4. The van der Waals surface area contributed by atoms with Gasteiger partial charge in [0.2, 0.25) is 15.9 Å². The molecular weight excluding hydrogens is 381 g/mol. The molecule has 0 fully saturated rings. The summed E-state index contributed by atoms with van der Waals surface area (Å²) in [6, 6.07) is 8.97. The number of anilines is 2. The van der Waals surface area contributed by atoms with E-state index in [4.69, 9.17) is 0 Å². The molecule has 0 unspecified atom stereocenters. The number of rotatable bonds is 8. The van der Waals surface area contributed by atoms with Crippen LogP contribution in [0.25, 0.3) is 0 Å². The Morgan fingerprint density at radius 2 is 1.61 bits per heavy atom. The number of hydrogen-bond acceptors (Lipinski definition) is 4. The molecule has 0 aromatic heterocycles. The zero-order valence-corrected chi connectivity index (χ0v) is 17.4. The molecule has 0 saturated carbocycles. The molecule has 0 aliphatic rings. The quantitative estimate of drug-likeness (QED) is 0.702. The van der Waals surface area contributed by atoms with Crippen LogP contribution in [-0.4, -0.2) is 38.3 Å². The lowest BCUT2D eigenvalue weighted by atomic mass is 10.2. The smallest absolute Gasteiger partial charge is 0.243 e. The number of carbonyl (C=O) groups is 1. The highest BCUT2D eigenvalue weighted by Crippen LogP contribution is 2.23. The molecule has 0 atom stereocenters. The Kier molecular flexibility index (Phi) is 7.15. The van der Waals surface area contributed by atoms with E-state index in [2.05, 4.69) is 10.6 Å². The van der Waals surface area contributed by atoms with Crippen molar-refractivity contribution < 1.29 is 17.6 Å². The molecule has 0 aliphatic carbocycles. The van der Waals surface area contributed by atoms with Crippen molar-refractivity contribution in [3.8, 4) is 0 Å². The maximum atomic E-state index is 13.3. The molecule has 2 aromatic rings. The fourth-order valence-electron chi connectivity index (χ4n) is 2.76. The number of hydrogen-bond donors (Lipinski definition) is 2. The number of aryl methyl sites for hydroxylation is 2. The molecule has 0 radical (unpaired) electrons. The molecule has 0 bridgehead atoms. The highest BCUT2D eigenvalue weighted by Gasteiger charge is 2.22. The lowest BCUT2D eigenvalue weighted by molar-refractivity contribution is -0.114. The van der Waals surface area contributed by atoms with Gasteiger partial charge in [-0.25, -0.2) is 12.8 Å². The average molecular weight is 408 g/mol. The first-order valence-corrected chi connectivity index (χ1v) is 10.5. The van der Waals surface area contributed by atoms with Crippen LogP contribution in [0.4, 0.5) is 15.8 Å². The molecule has 1 amide bonds. The number of nitrogens with zero attached hydrogens (tertiary/aromatic N) is 1. The number of carbonyl (C=O) groups excluding carboxylic acids is 1. The number of amides is 1. The molecule has 2 N–H and O–H groups in total. The predicted molar refractivity (Wildman–Crippen MR) is 110 cm³/mol. The van der Waals surface area contributed by atoms with Gasteiger partial charge in [0.25, 0.3) is 0 Å². The Morgan fingerprint density at radius 1 is 1.00 bits per heavy atom. The van der Waals surface area contributed by atoms with E-state index in [-0.39, 0.29) is 17.3 Å². The first-order chi connectivity index (χ1) is 13.2. The third kappa shape index (κ3) is 5.08. The van der Waals surface area contributed by atoms with E-state index in [9.17, 15) is 17.6 Å². The zero-order chi connectivity index (χ0) is 20.9. The first-order valence-electron chi connectivity index (χ1n) is 9.09. The lowest BCUT2D eigenvalue weighted by Crippen LogP contribution is -2.30. The second-order valence-electron chi connectivity index (χ2n) is 6.43. The average Bonchev–Trinajstić information content (AvgIpc) is 2.65. The maximum Gasteiger partial charge on any atom is 0.243 e. The zero-order valence-electron chi connectivity index (χ0n) is 16.5. The first kappa shape index (κ1) is 21.8. The van der Waals surface area contributed by atoms with Crippen LogP contribution < -0.4 is 10.6 Å². The number of benzene rings is 2. The van der Waals surface area contributed by atoms with Crippen LogP contribution in [0.15, 0.2) is 41.3 Å². The van der Waals surface area contributed by atoms with Gasteiger partial charge < -0.3 is 10.6 Å². The van der Waals surface area contributed by atoms with Crippen molar-refractivity contribution in [2.45, 2.75) is 32.6 Å². The third-order valence-electron chi connectivity index (χ3n) is 4.47. The second kappa shape index (κ2) is 9.16. The van der Waals surface area contributed by atoms with Crippen molar-refractivity contribution in [3.05, 3.63) is 53.3 Å². The molecule has 2 aromatic carbocycles. The van der Waals surface area contributed by atoms with Gasteiger partial charge in [0.1, 0.15) is 5.82 Å². The van der Waals surface area contributed by atoms with Gasteiger partial charge in [0, 0.05) is 24.5 Å². The van der Waals surface area contributed by atoms with Crippen LogP contribution >= 0.6 is 0 Å². The van der Waals surface area contributed by atoms with Crippen LogP contribution in [0.1, 0.15) is 25.0 Å². The molecule has 6 nitrogen and oxygen atoms in total. The molecule has 0 heterocycles. The van der Waals surface area contributed by atoms with Crippen molar-refractivity contribution in [1.29, 1.82) is 0 Å². The van der Waals surface area contributed by atoms with E-state index < -0.39 is 15.8 Å². The monoisotopic (exact) mass is 407 g/mol. The predicted octanol–water partition coefficient (Wildman–Crippen LogP) is 3.52. The summed E-state index contributed by atoms with van der Waals surface area (Å²) >= 11 is 0. The molecule has 0 aliphatic heterocycles. The van der Waals surface area contributed by atoms with Gasteiger partial charge in [-0.15, -0.1) is 0 Å². The number of nitrogens with one attached hydrogen (secondary N) is 2. The van der Waals surface area contributed by atoms with Crippen LogP contribution in [0, 0.1) is 19.7 Å². The van der Waals surface area contributed by atoms with E-state index in [1.165, 1.54) is 28.6 Å². The highest BCUT2D eigenvalue weighted by molar-refractivity contribution is 7.89. The summed E-state index contributed by atoms with van der Waals surface area (Å²) in [7, 11) is -3.62. The lowest BCUT2D eigenvalue weighted by Gasteiger charge is -2.19. The summed E-state index contributed by atoms with van der Waals surface area (Å²) < 4.78 is 40.1. The SMILES string of the molecule is CCN(CC)S(=O)(=O)c1ccc(C)c(NC(=O)CNc2cc(F)ccc2C)c1. The van der Waals surface area contributed by atoms with Crippen molar-refractivity contribution >= 4 is 27.3 Å². The second-order valence-corrected chi connectivity index (χ2v) is 8.36. The van der Waals surface area contributed by atoms with Crippen molar-refractivity contribution in [1.82, 2.24) is 4.31 Å². The standard InChI is InChI=1S/C20H26FN3O3S/c1-5-24(6-2)28(26,27)17-10-8-15(4)19(12-17)23-20(25)13-22-18-11-16(21)9-7-14(18)3/h7-12,22H,5-6,13H2,1-4H3,(H,23,25). The van der Waals surface area contributed by atoms with Crippen LogP contribution in [0.3, 0.4) is 0 Å². The van der Waals surface area contributed by atoms with Gasteiger partial charge in [-0.3, -0.25) is 4.79 Å². The van der Waals surface area contributed by atoms with E-state index in [0.29, 0.717) is 24.5 Å². The van der Waals surface area contributed by atoms with Crippen LogP contribution in [0.5, 0.6) is 0 Å². The largest absolute Gasteiger partial charge is 0.376 e. The molecule has 28 heavy (non-hydrogen) atoms. The maximum absolute atomic E-state index is 13.3.